The van der Waals surface area contributed by atoms with Crippen molar-refractivity contribution in [2.45, 2.75) is 0 Å². The van der Waals surface area contributed by atoms with Crippen LogP contribution in [0.2, 0.25) is 0 Å². The summed E-state index contributed by atoms with van der Waals surface area (Å²) in [4.78, 5) is 16.0. The summed E-state index contributed by atoms with van der Waals surface area (Å²) < 4.78 is 10.5. The molecule has 1 aromatic rings. The van der Waals surface area contributed by atoms with Crippen LogP contribution < -0.4 is 10.1 Å². The molecule has 0 saturated carbocycles. The molecule has 0 bridgehead atoms. The van der Waals surface area contributed by atoms with Crippen molar-refractivity contribution < 1.29 is 14.3 Å². The molecule has 8 heteroatoms. The number of nitrogens with zero attached hydrogens (tertiary/aromatic N) is 2. The number of nitriles is 1. The monoisotopic (exact) mass is 357 g/mol. The van der Waals surface area contributed by atoms with Gasteiger partial charge in [-0.2, -0.15) is 5.26 Å². The highest BCUT2D eigenvalue weighted by atomic mass is 79.9. The lowest BCUT2D eigenvalue weighted by Crippen LogP contribution is -2.13. The number of benzene rings is 1. The van der Waals surface area contributed by atoms with Crippen LogP contribution in [-0.4, -0.2) is 31.6 Å². The Morgan fingerprint density at radius 2 is 2.20 bits per heavy atom. The van der Waals surface area contributed by atoms with Gasteiger partial charge in [-0.3, -0.25) is 5.32 Å². The molecule has 0 atom stereocenters. The average Bonchev–Trinajstić information content (AvgIpc) is 2.46. The molecule has 0 aromatic heterocycles. The van der Waals surface area contributed by atoms with E-state index in [1.54, 1.807) is 24.6 Å². The summed E-state index contributed by atoms with van der Waals surface area (Å²) in [7, 11) is 2.80. The maximum absolute atomic E-state index is 11.8. The van der Waals surface area contributed by atoms with Crippen LogP contribution in [0.3, 0.4) is 0 Å². The summed E-state index contributed by atoms with van der Waals surface area (Å²) >= 11 is 4.55. The second-order valence-electron chi connectivity index (χ2n) is 3.35. The molecular formula is C12H12BrN3O3S. The number of carbonyl (C=O) groups is 1. The lowest BCUT2D eigenvalue weighted by Gasteiger charge is -2.09. The second-order valence-corrected chi connectivity index (χ2v) is 5.00. The zero-order valence-electron chi connectivity index (χ0n) is 11.1. The van der Waals surface area contributed by atoms with Gasteiger partial charge in [-0.1, -0.05) is 11.8 Å². The van der Waals surface area contributed by atoms with E-state index in [1.807, 2.05) is 0 Å². The zero-order chi connectivity index (χ0) is 15.1. The number of halogens is 1. The van der Waals surface area contributed by atoms with E-state index in [9.17, 15) is 4.79 Å². The van der Waals surface area contributed by atoms with Crippen LogP contribution in [0, 0.1) is 11.5 Å². The van der Waals surface area contributed by atoms with Crippen LogP contribution in [0.15, 0.2) is 21.6 Å². The smallest absolute Gasteiger partial charge is 0.340 e. The van der Waals surface area contributed by atoms with Gasteiger partial charge in [0.05, 0.1) is 29.9 Å². The van der Waals surface area contributed by atoms with E-state index in [2.05, 4.69) is 26.2 Å². The Bertz CT molecular complexity index is 584. The average molecular weight is 358 g/mol. The van der Waals surface area contributed by atoms with Gasteiger partial charge >= 0.3 is 5.97 Å². The van der Waals surface area contributed by atoms with E-state index in [-0.39, 0.29) is 5.56 Å². The Hall–Kier alpha value is -1.72. The Morgan fingerprint density at radius 1 is 1.50 bits per heavy atom. The number of carbonyl (C=O) groups excluding carboxylic acids is 1. The standard InChI is InChI=1S/C12H12BrN3O3S/c1-18-10-5-9(16-12(20-3)15-6-14)7(4-8(10)13)11(17)19-2/h4-5H,1-3H3,(H,15,16). The maximum Gasteiger partial charge on any atom is 0.340 e. The Kier molecular flexibility index (Phi) is 6.35. The van der Waals surface area contributed by atoms with Crippen molar-refractivity contribution in [3.63, 3.8) is 0 Å². The van der Waals surface area contributed by atoms with Crippen LogP contribution in [0.4, 0.5) is 5.69 Å². The first kappa shape index (κ1) is 16.3. The topological polar surface area (TPSA) is 83.7 Å². The molecule has 0 aliphatic rings. The van der Waals surface area contributed by atoms with Crippen molar-refractivity contribution >= 4 is 44.5 Å². The molecule has 0 amide bonds. The molecule has 106 valence electrons. The molecule has 0 unspecified atom stereocenters. The maximum atomic E-state index is 11.8. The van der Waals surface area contributed by atoms with E-state index in [1.165, 1.54) is 26.0 Å². The summed E-state index contributed by atoms with van der Waals surface area (Å²) in [5, 5.41) is 11.4. The van der Waals surface area contributed by atoms with Crippen LogP contribution in [0.5, 0.6) is 5.75 Å². The van der Waals surface area contributed by atoms with Gasteiger partial charge in [-0.15, -0.1) is 0 Å². The van der Waals surface area contributed by atoms with E-state index in [0.717, 1.165) is 0 Å². The number of esters is 1. The predicted molar refractivity (Wildman–Crippen MR) is 81.4 cm³/mol. The summed E-state index contributed by atoms with van der Waals surface area (Å²) in [6, 6.07) is 3.15. The quantitative estimate of drug-likeness (QED) is 0.294. The molecule has 0 spiro atoms. The van der Waals surface area contributed by atoms with Crippen molar-refractivity contribution in [3.8, 4) is 11.9 Å². The highest BCUT2D eigenvalue weighted by Crippen LogP contribution is 2.33. The van der Waals surface area contributed by atoms with Gasteiger partial charge in [0.25, 0.3) is 0 Å². The molecule has 0 radical (unpaired) electrons. The molecule has 0 fully saturated rings. The first-order chi connectivity index (χ1) is 9.57. The van der Waals surface area contributed by atoms with Crippen molar-refractivity contribution in [2.24, 2.45) is 4.99 Å². The van der Waals surface area contributed by atoms with Crippen LogP contribution in [0.1, 0.15) is 10.4 Å². The van der Waals surface area contributed by atoms with E-state index >= 15 is 0 Å². The number of aliphatic imine (C=N–C) groups is 1. The summed E-state index contributed by atoms with van der Waals surface area (Å²) in [6.07, 6.45) is 3.54. The largest absolute Gasteiger partial charge is 0.495 e. The lowest BCUT2D eigenvalue weighted by molar-refractivity contribution is 0.0601. The molecule has 0 aliphatic carbocycles. The minimum absolute atomic E-state index is 0.270. The molecule has 0 heterocycles. The summed E-state index contributed by atoms with van der Waals surface area (Å²) in [5.41, 5.74) is 0.621. The highest BCUT2D eigenvalue weighted by molar-refractivity contribution is 9.10. The molecule has 6 nitrogen and oxygen atoms in total. The predicted octanol–water partition coefficient (Wildman–Crippen LogP) is 2.67. The second kappa shape index (κ2) is 7.77. The van der Waals surface area contributed by atoms with Crippen LogP contribution in [-0.2, 0) is 4.74 Å². The van der Waals surface area contributed by atoms with Gasteiger partial charge in [0.1, 0.15) is 5.75 Å². The van der Waals surface area contributed by atoms with Gasteiger partial charge in [-0.25, -0.2) is 9.79 Å². The Labute approximate surface area is 129 Å². The number of ether oxygens (including phenoxy) is 2. The fourth-order valence-corrected chi connectivity index (χ4v) is 2.19. The van der Waals surface area contributed by atoms with E-state index < -0.39 is 5.97 Å². The van der Waals surface area contributed by atoms with Gasteiger partial charge in [0.15, 0.2) is 11.4 Å². The van der Waals surface area contributed by atoms with Crippen molar-refractivity contribution in [2.75, 3.05) is 20.5 Å². The van der Waals surface area contributed by atoms with Gasteiger partial charge < -0.3 is 9.47 Å². The third-order valence-corrected chi connectivity index (χ3v) is 3.45. The normalized spacial score (nSPS) is 10.7. The Morgan fingerprint density at radius 3 is 2.70 bits per heavy atom. The first-order valence-corrected chi connectivity index (χ1v) is 7.32. The lowest BCUT2D eigenvalue weighted by atomic mass is 10.1. The van der Waals surface area contributed by atoms with E-state index in [4.69, 9.17) is 14.7 Å². The molecule has 0 aliphatic heterocycles. The molecule has 1 N–H and O–H groups in total. The van der Waals surface area contributed by atoms with Crippen molar-refractivity contribution in [1.82, 2.24) is 5.32 Å². The fourth-order valence-electron chi connectivity index (χ4n) is 1.35. The third-order valence-electron chi connectivity index (χ3n) is 2.25. The first-order valence-electron chi connectivity index (χ1n) is 5.31. The number of nitrogens with one attached hydrogen (secondary N) is 1. The summed E-state index contributed by atoms with van der Waals surface area (Å²) in [5.74, 6) is -0.00155. The van der Waals surface area contributed by atoms with Crippen LogP contribution >= 0.6 is 27.7 Å². The number of rotatable bonds is 3. The third kappa shape index (κ3) is 3.88. The SMILES string of the molecule is COC(=O)c1cc(Br)c(OC)cc1N=C(NC#N)SC. The highest BCUT2D eigenvalue weighted by Gasteiger charge is 2.16. The van der Waals surface area contributed by atoms with Crippen molar-refractivity contribution in [1.29, 1.82) is 5.26 Å². The number of amidine groups is 1. The zero-order valence-corrected chi connectivity index (χ0v) is 13.5. The van der Waals surface area contributed by atoms with Gasteiger partial charge in [0.2, 0.25) is 0 Å². The molecule has 0 saturated heterocycles. The van der Waals surface area contributed by atoms with Crippen molar-refractivity contribution in [3.05, 3.63) is 22.2 Å². The number of hydrogen-bond donors (Lipinski definition) is 1. The number of thioether (sulfide) groups is 1. The number of hydrogen-bond acceptors (Lipinski definition) is 6. The minimum atomic E-state index is -0.524. The molecular weight excluding hydrogens is 346 g/mol. The Balaban J connectivity index is 3.41. The van der Waals surface area contributed by atoms with Gasteiger partial charge in [-0.05, 0) is 28.3 Å². The van der Waals surface area contributed by atoms with Crippen LogP contribution in [0.25, 0.3) is 0 Å². The number of methoxy groups -OCH3 is 2. The molecule has 20 heavy (non-hydrogen) atoms. The molecule has 1 aromatic carbocycles. The fraction of sp³-hybridized carbons (Fsp3) is 0.250. The molecule has 1 rings (SSSR count). The summed E-state index contributed by atoms with van der Waals surface area (Å²) in [6.45, 7) is 0. The van der Waals surface area contributed by atoms with E-state index in [0.29, 0.717) is 21.1 Å². The van der Waals surface area contributed by atoms with Gasteiger partial charge in [0, 0.05) is 6.07 Å². The minimum Gasteiger partial charge on any atom is -0.495 e.